The average molecular weight is 319 g/mol. The number of alkyl halides is 3. The van der Waals surface area contributed by atoms with E-state index in [-0.39, 0.29) is 13.2 Å². The minimum atomic E-state index is -4.35. The summed E-state index contributed by atoms with van der Waals surface area (Å²) >= 11 is 0. The Balaban J connectivity index is 1.89. The van der Waals surface area contributed by atoms with E-state index < -0.39 is 24.9 Å². The highest BCUT2D eigenvalue weighted by Crippen LogP contribution is 2.26. The molecule has 1 fully saturated rings. The highest BCUT2D eigenvalue weighted by molar-refractivity contribution is 5.68. The number of aliphatic carboxylic acids is 1. The average Bonchev–Trinajstić information content (AvgIpc) is 2.46. The first-order valence-electron chi connectivity index (χ1n) is 6.69. The molecule has 0 radical (unpaired) electrons. The summed E-state index contributed by atoms with van der Waals surface area (Å²) < 4.78 is 47.7. The molecule has 1 aromatic rings. The molecule has 1 atom stereocenters. The summed E-state index contributed by atoms with van der Waals surface area (Å²) in [5, 5.41) is 8.50. The Labute approximate surface area is 125 Å². The maximum atomic E-state index is 12.6. The highest BCUT2D eigenvalue weighted by Gasteiger charge is 2.43. The van der Waals surface area contributed by atoms with Crippen LogP contribution in [0.3, 0.4) is 0 Å². The second-order valence-electron chi connectivity index (χ2n) is 4.96. The molecule has 2 rings (SSSR count). The third-order valence-corrected chi connectivity index (χ3v) is 3.21. The molecule has 8 heteroatoms. The molecular formula is C14H16F3NO4. The first-order chi connectivity index (χ1) is 10.3. The Kier molecular flexibility index (Phi) is 5.25. The first kappa shape index (κ1) is 16.6. The molecule has 0 aliphatic carbocycles. The van der Waals surface area contributed by atoms with Crippen molar-refractivity contribution in [3.63, 3.8) is 0 Å². The SMILES string of the molecule is O=C(O)COc1ccc(CN2CCOC(C(F)(F)F)C2)cc1. The van der Waals surface area contributed by atoms with Crippen LogP contribution in [0.4, 0.5) is 13.2 Å². The van der Waals surface area contributed by atoms with Crippen LogP contribution < -0.4 is 4.74 Å². The van der Waals surface area contributed by atoms with E-state index in [9.17, 15) is 18.0 Å². The van der Waals surface area contributed by atoms with Crippen molar-refractivity contribution in [1.29, 1.82) is 0 Å². The van der Waals surface area contributed by atoms with Crippen molar-refractivity contribution in [2.45, 2.75) is 18.8 Å². The summed E-state index contributed by atoms with van der Waals surface area (Å²) in [7, 11) is 0. The Bertz CT molecular complexity index is 504. The van der Waals surface area contributed by atoms with Gasteiger partial charge in [-0.2, -0.15) is 13.2 Å². The molecule has 22 heavy (non-hydrogen) atoms. The molecule has 0 aromatic heterocycles. The Hall–Kier alpha value is -1.80. The molecule has 1 saturated heterocycles. The molecule has 0 amide bonds. The lowest BCUT2D eigenvalue weighted by Crippen LogP contribution is -2.48. The number of morpholine rings is 1. The van der Waals surface area contributed by atoms with Crippen molar-refractivity contribution in [3.05, 3.63) is 29.8 Å². The minimum absolute atomic E-state index is 0.0456. The van der Waals surface area contributed by atoms with Crippen LogP contribution in [-0.4, -0.2) is 54.6 Å². The largest absolute Gasteiger partial charge is 0.482 e. The summed E-state index contributed by atoms with van der Waals surface area (Å²) in [5.41, 5.74) is 0.825. The van der Waals surface area contributed by atoms with Crippen LogP contribution in [0, 0.1) is 0 Å². The number of carboxylic acids is 1. The van der Waals surface area contributed by atoms with Crippen LogP contribution >= 0.6 is 0 Å². The number of benzene rings is 1. The van der Waals surface area contributed by atoms with E-state index in [1.54, 1.807) is 29.2 Å². The molecule has 122 valence electrons. The van der Waals surface area contributed by atoms with Crippen LogP contribution in [0.2, 0.25) is 0 Å². The lowest BCUT2D eigenvalue weighted by molar-refractivity contribution is -0.237. The van der Waals surface area contributed by atoms with Gasteiger partial charge in [0.15, 0.2) is 12.7 Å². The number of nitrogens with zero attached hydrogens (tertiary/aromatic N) is 1. The summed E-state index contributed by atoms with van der Waals surface area (Å²) in [4.78, 5) is 12.1. The number of hydrogen-bond donors (Lipinski definition) is 1. The number of carbonyl (C=O) groups is 1. The van der Waals surface area contributed by atoms with Gasteiger partial charge in [0.05, 0.1) is 6.61 Å². The lowest BCUT2D eigenvalue weighted by atomic mass is 10.2. The summed E-state index contributed by atoms with van der Waals surface area (Å²) in [6.45, 7) is 0.222. The van der Waals surface area contributed by atoms with Crippen molar-refractivity contribution in [3.8, 4) is 5.75 Å². The zero-order valence-corrected chi connectivity index (χ0v) is 11.7. The minimum Gasteiger partial charge on any atom is -0.482 e. The molecule has 1 aromatic carbocycles. The standard InChI is InChI=1S/C14H16F3NO4/c15-14(16,17)12-8-18(5-6-21-12)7-10-1-3-11(4-2-10)22-9-13(19)20/h1-4,12H,5-9H2,(H,19,20). The molecular weight excluding hydrogens is 303 g/mol. The molecule has 0 bridgehead atoms. The fourth-order valence-electron chi connectivity index (χ4n) is 2.14. The maximum Gasteiger partial charge on any atom is 0.415 e. The van der Waals surface area contributed by atoms with Crippen molar-refractivity contribution < 1.29 is 32.5 Å². The normalized spacial score (nSPS) is 19.9. The van der Waals surface area contributed by atoms with E-state index in [0.29, 0.717) is 18.8 Å². The van der Waals surface area contributed by atoms with Gasteiger partial charge in [-0.25, -0.2) is 4.79 Å². The fraction of sp³-hybridized carbons (Fsp3) is 0.500. The van der Waals surface area contributed by atoms with Gasteiger partial charge in [-0.05, 0) is 17.7 Å². The van der Waals surface area contributed by atoms with Gasteiger partial charge in [0, 0.05) is 19.6 Å². The zero-order valence-electron chi connectivity index (χ0n) is 11.7. The van der Waals surface area contributed by atoms with Gasteiger partial charge >= 0.3 is 12.1 Å². The molecule has 0 spiro atoms. The van der Waals surface area contributed by atoms with Gasteiger partial charge in [0.2, 0.25) is 0 Å². The predicted molar refractivity (Wildman–Crippen MR) is 70.6 cm³/mol. The number of rotatable bonds is 5. The van der Waals surface area contributed by atoms with E-state index in [4.69, 9.17) is 14.6 Å². The summed E-state index contributed by atoms with van der Waals surface area (Å²) in [6, 6.07) is 6.60. The van der Waals surface area contributed by atoms with Gasteiger partial charge in [-0.1, -0.05) is 12.1 Å². The van der Waals surface area contributed by atoms with Crippen LogP contribution in [0.25, 0.3) is 0 Å². The maximum absolute atomic E-state index is 12.6. The molecule has 1 unspecified atom stereocenters. The Morgan fingerprint density at radius 1 is 1.36 bits per heavy atom. The molecule has 5 nitrogen and oxygen atoms in total. The number of ether oxygens (including phenoxy) is 2. The van der Waals surface area contributed by atoms with E-state index in [2.05, 4.69) is 0 Å². The summed E-state index contributed by atoms with van der Waals surface area (Å²) in [6.07, 6.45) is -6.10. The van der Waals surface area contributed by atoms with E-state index in [1.807, 2.05) is 0 Å². The third kappa shape index (κ3) is 4.88. The van der Waals surface area contributed by atoms with Crippen LogP contribution in [0.15, 0.2) is 24.3 Å². The van der Waals surface area contributed by atoms with Gasteiger partial charge in [-0.3, -0.25) is 4.90 Å². The molecule has 1 aliphatic rings. The summed E-state index contributed by atoms with van der Waals surface area (Å²) in [5.74, 6) is -0.670. The first-order valence-corrected chi connectivity index (χ1v) is 6.69. The Morgan fingerprint density at radius 2 is 2.05 bits per heavy atom. The number of carboxylic acid groups (broad SMARTS) is 1. The number of halogens is 3. The second kappa shape index (κ2) is 6.97. The molecule has 1 heterocycles. The van der Waals surface area contributed by atoms with Crippen LogP contribution in [0.1, 0.15) is 5.56 Å². The highest BCUT2D eigenvalue weighted by atomic mass is 19.4. The molecule has 0 saturated carbocycles. The smallest absolute Gasteiger partial charge is 0.415 e. The Morgan fingerprint density at radius 3 is 2.64 bits per heavy atom. The van der Waals surface area contributed by atoms with Gasteiger partial charge in [0.1, 0.15) is 5.75 Å². The lowest BCUT2D eigenvalue weighted by Gasteiger charge is -2.33. The predicted octanol–water partition coefficient (Wildman–Crippen LogP) is 1.91. The van der Waals surface area contributed by atoms with Crippen molar-refractivity contribution >= 4 is 5.97 Å². The molecule has 1 aliphatic heterocycles. The number of hydrogen-bond acceptors (Lipinski definition) is 4. The van der Waals surface area contributed by atoms with Gasteiger partial charge in [-0.15, -0.1) is 0 Å². The van der Waals surface area contributed by atoms with Crippen molar-refractivity contribution in [2.75, 3.05) is 26.3 Å². The quantitative estimate of drug-likeness (QED) is 0.898. The van der Waals surface area contributed by atoms with E-state index in [1.165, 1.54) is 0 Å². The second-order valence-corrected chi connectivity index (χ2v) is 4.96. The van der Waals surface area contributed by atoms with Crippen LogP contribution in [0.5, 0.6) is 5.75 Å². The van der Waals surface area contributed by atoms with E-state index in [0.717, 1.165) is 5.56 Å². The fourth-order valence-corrected chi connectivity index (χ4v) is 2.14. The van der Waals surface area contributed by atoms with Crippen molar-refractivity contribution in [2.24, 2.45) is 0 Å². The molecule has 1 N–H and O–H groups in total. The van der Waals surface area contributed by atoms with Crippen LogP contribution in [-0.2, 0) is 16.1 Å². The van der Waals surface area contributed by atoms with Gasteiger partial charge in [0.25, 0.3) is 0 Å². The van der Waals surface area contributed by atoms with Crippen molar-refractivity contribution in [1.82, 2.24) is 4.90 Å². The topological polar surface area (TPSA) is 59.0 Å². The third-order valence-electron chi connectivity index (χ3n) is 3.21. The monoisotopic (exact) mass is 319 g/mol. The van der Waals surface area contributed by atoms with E-state index >= 15 is 0 Å². The zero-order chi connectivity index (χ0) is 16.2. The van der Waals surface area contributed by atoms with Gasteiger partial charge < -0.3 is 14.6 Å².